The first-order chi connectivity index (χ1) is 12.9. The number of nitrogens with zero attached hydrogens (tertiary/aromatic N) is 3. The summed E-state index contributed by atoms with van der Waals surface area (Å²) in [4.78, 5) is 33.7. The molecule has 27 heavy (non-hydrogen) atoms. The van der Waals surface area contributed by atoms with Crippen molar-refractivity contribution < 1.29 is 4.79 Å². The molecule has 1 aromatic carbocycles. The number of nitrogens with one attached hydrogen (secondary N) is 1. The van der Waals surface area contributed by atoms with Crippen molar-refractivity contribution in [3.8, 4) is 0 Å². The topological polar surface area (TPSA) is 76.9 Å². The molecule has 2 aromatic heterocycles. The molecule has 0 unspecified atom stereocenters. The Morgan fingerprint density at radius 3 is 2.74 bits per heavy atom. The molecule has 1 amide bonds. The van der Waals surface area contributed by atoms with Crippen molar-refractivity contribution in [3.63, 3.8) is 0 Å². The van der Waals surface area contributed by atoms with Crippen LogP contribution in [0.2, 0.25) is 5.02 Å². The average molecular weight is 403 g/mol. The van der Waals surface area contributed by atoms with Gasteiger partial charge in [-0.2, -0.15) is 0 Å². The van der Waals surface area contributed by atoms with Gasteiger partial charge in [-0.25, -0.2) is 9.97 Å². The molecule has 8 heteroatoms. The minimum atomic E-state index is -0.228. The number of benzene rings is 1. The molecule has 0 spiro atoms. The molecular formula is C19H19ClN4O2S. The number of para-hydroxylation sites is 1. The second-order valence-electron chi connectivity index (χ2n) is 6.42. The molecule has 0 atom stereocenters. The summed E-state index contributed by atoms with van der Waals surface area (Å²) >= 11 is 7.03. The SMILES string of the molecule is CC(C)Cn1c(SCC(=O)Nc2ccc(Cl)cn2)nc2ccccc2c1=O. The third kappa shape index (κ3) is 4.87. The molecule has 1 N–H and O–H groups in total. The van der Waals surface area contributed by atoms with Gasteiger partial charge in [0.2, 0.25) is 5.91 Å². The van der Waals surface area contributed by atoms with E-state index in [0.29, 0.717) is 33.4 Å². The Morgan fingerprint density at radius 2 is 2.04 bits per heavy atom. The van der Waals surface area contributed by atoms with E-state index in [1.54, 1.807) is 28.8 Å². The van der Waals surface area contributed by atoms with Gasteiger partial charge in [-0.15, -0.1) is 0 Å². The number of carbonyl (C=O) groups excluding carboxylic acids is 1. The first-order valence-electron chi connectivity index (χ1n) is 8.48. The zero-order valence-corrected chi connectivity index (χ0v) is 16.5. The van der Waals surface area contributed by atoms with Crippen molar-refractivity contribution in [2.45, 2.75) is 25.5 Å². The normalized spacial score (nSPS) is 11.1. The van der Waals surface area contributed by atoms with Crippen LogP contribution in [0.15, 0.2) is 52.5 Å². The highest BCUT2D eigenvalue weighted by molar-refractivity contribution is 7.99. The Labute approximate surface area is 166 Å². The molecule has 2 heterocycles. The number of carbonyl (C=O) groups is 1. The third-order valence-corrected chi connectivity index (χ3v) is 4.90. The van der Waals surface area contributed by atoms with Crippen molar-refractivity contribution in [2.24, 2.45) is 5.92 Å². The van der Waals surface area contributed by atoms with Crippen LogP contribution in [0.5, 0.6) is 0 Å². The van der Waals surface area contributed by atoms with E-state index in [4.69, 9.17) is 11.6 Å². The van der Waals surface area contributed by atoms with Gasteiger partial charge in [-0.1, -0.05) is 49.3 Å². The zero-order chi connectivity index (χ0) is 19.4. The first kappa shape index (κ1) is 19.4. The van der Waals surface area contributed by atoms with Crippen LogP contribution in [-0.2, 0) is 11.3 Å². The number of thioether (sulfide) groups is 1. The van der Waals surface area contributed by atoms with Gasteiger partial charge in [0, 0.05) is 12.7 Å². The van der Waals surface area contributed by atoms with Crippen molar-refractivity contribution in [2.75, 3.05) is 11.1 Å². The summed E-state index contributed by atoms with van der Waals surface area (Å²) in [6.45, 7) is 4.61. The lowest BCUT2D eigenvalue weighted by atomic mass is 10.2. The lowest BCUT2D eigenvalue weighted by molar-refractivity contribution is -0.113. The van der Waals surface area contributed by atoms with Gasteiger partial charge in [-0.3, -0.25) is 14.2 Å². The molecule has 0 aliphatic rings. The fraction of sp³-hybridized carbons (Fsp3) is 0.263. The number of hydrogen-bond acceptors (Lipinski definition) is 5. The molecule has 0 saturated carbocycles. The molecule has 0 aliphatic carbocycles. The predicted molar refractivity (Wildman–Crippen MR) is 109 cm³/mol. The maximum absolute atomic E-state index is 12.8. The number of amides is 1. The Kier molecular flexibility index (Phi) is 6.13. The van der Waals surface area contributed by atoms with Crippen LogP contribution in [0.3, 0.4) is 0 Å². The summed E-state index contributed by atoms with van der Waals surface area (Å²) in [5.74, 6) is 0.592. The van der Waals surface area contributed by atoms with Gasteiger partial charge in [-0.05, 0) is 30.2 Å². The summed E-state index contributed by atoms with van der Waals surface area (Å²) < 4.78 is 1.64. The van der Waals surface area contributed by atoms with E-state index in [2.05, 4.69) is 15.3 Å². The molecule has 6 nitrogen and oxygen atoms in total. The predicted octanol–water partition coefficient (Wildman–Crippen LogP) is 3.83. The van der Waals surface area contributed by atoms with Crippen molar-refractivity contribution in [1.82, 2.24) is 14.5 Å². The quantitative estimate of drug-likeness (QED) is 0.500. The van der Waals surface area contributed by atoms with Crippen LogP contribution in [0, 0.1) is 5.92 Å². The smallest absolute Gasteiger partial charge is 0.262 e. The number of rotatable bonds is 6. The summed E-state index contributed by atoms with van der Waals surface area (Å²) in [5, 5.41) is 4.32. The van der Waals surface area contributed by atoms with Gasteiger partial charge in [0.25, 0.3) is 5.56 Å². The van der Waals surface area contributed by atoms with Crippen LogP contribution in [0.1, 0.15) is 13.8 Å². The maximum Gasteiger partial charge on any atom is 0.262 e. The fourth-order valence-corrected chi connectivity index (χ4v) is 3.46. The van der Waals surface area contributed by atoms with Crippen LogP contribution in [-0.4, -0.2) is 26.2 Å². The maximum atomic E-state index is 12.8. The van der Waals surface area contributed by atoms with E-state index in [9.17, 15) is 9.59 Å². The lowest BCUT2D eigenvalue weighted by Crippen LogP contribution is -2.26. The highest BCUT2D eigenvalue weighted by Crippen LogP contribution is 2.19. The van der Waals surface area contributed by atoms with E-state index < -0.39 is 0 Å². The van der Waals surface area contributed by atoms with Gasteiger partial charge in [0.15, 0.2) is 5.16 Å². The number of pyridine rings is 1. The lowest BCUT2D eigenvalue weighted by Gasteiger charge is -2.14. The fourth-order valence-electron chi connectivity index (χ4n) is 2.54. The molecule has 140 valence electrons. The summed E-state index contributed by atoms with van der Waals surface area (Å²) in [6.07, 6.45) is 1.47. The summed E-state index contributed by atoms with van der Waals surface area (Å²) in [6, 6.07) is 10.5. The minimum absolute atomic E-state index is 0.0865. The van der Waals surface area contributed by atoms with Crippen molar-refractivity contribution in [1.29, 1.82) is 0 Å². The third-order valence-electron chi connectivity index (χ3n) is 3.70. The Hall–Kier alpha value is -2.38. The van der Waals surface area contributed by atoms with E-state index >= 15 is 0 Å². The number of anilines is 1. The second kappa shape index (κ2) is 8.54. The Balaban J connectivity index is 1.81. The highest BCUT2D eigenvalue weighted by Gasteiger charge is 2.14. The van der Waals surface area contributed by atoms with E-state index in [0.717, 1.165) is 0 Å². The Bertz CT molecular complexity index is 1020. The van der Waals surface area contributed by atoms with E-state index in [1.807, 2.05) is 26.0 Å². The number of fused-ring (bicyclic) bond motifs is 1. The van der Waals surface area contributed by atoms with Gasteiger partial charge in [0.1, 0.15) is 5.82 Å². The van der Waals surface area contributed by atoms with E-state index in [-0.39, 0.29) is 23.1 Å². The largest absolute Gasteiger partial charge is 0.310 e. The number of halogens is 1. The zero-order valence-electron chi connectivity index (χ0n) is 15.0. The first-order valence-corrected chi connectivity index (χ1v) is 9.84. The van der Waals surface area contributed by atoms with Crippen LogP contribution >= 0.6 is 23.4 Å². The molecule has 3 rings (SSSR count). The standard InChI is InChI=1S/C19H19ClN4O2S/c1-12(2)10-24-18(26)14-5-3-4-6-15(14)22-19(24)27-11-17(25)23-16-8-7-13(20)9-21-16/h3-9,12H,10-11H2,1-2H3,(H,21,23,25). The molecule has 0 saturated heterocycles. The molecule has 3 aromatic rings. The molecular weight excluding hydrogens is 384 g/mol. The van der Waals surface area contributed by atoms with Gasteiger partial charge in [0.05, 0.1) is 21.7 Å². The van der Waals surface area contributed by atoms with Gasteiger partial charge >= 0.3 is 0 Å². The average Bonchev–Trinajstić information content (AvgIpc) is 2.64. The summed E-state index contributed by atoms with van der Waals surface area (Å²) in [7, 11) is 0. The molecule has 0 fully saturated rings. The number of hydrogen-bond donors (Lipinski definition) is 1. The summed E-state index contributed by atoms with van der Waals surface area (Å²) in [5.41, 5.74) is 0.543. The molecule has 0 aliphatic heterocycles. The molecule has 0 bridgehead atoms. The van der Waals surface area contributed by atoms with Crippen LogP contribution < -0.4 is 10.9 Å². The number of aromatic nitrogens is 3. The monoisotopic (exact) mass is 402 g/mol. The van der Waals surface area contributed by atoms with Crippen LogP contribution in [0.25, 0.3) is 10.9 Å². The van der Waals surface area contributed by atoms with Crippen molar-refractivity contribution in [3.05, 3.63) is 58.0 Å². The Morgan fingerprint density at radius 1 is 1.26 bits per heavy atom. The highest BCUT2D eigenvalue weighted by atomic mass is 35.5. The molecule has 0 radical (unpaired) electrons. The van der Waals surface area contributed by atoms with Crippen molar-refractivity contribution >= 4 is 46.0 Å². The minimum Gasteiger partial charge on any atom is -0.310 e. The van der Waals surface area contributed by atoms with Gasteiger partial charge < -0.3 is 5.32 Å². The van der Waals surface area contributed by atoms with Crippen LogP contribution in [0.4, 0.5) is 5.82 Å². The van der Waals surface area contributed by atoms with E-state index in [1.165, 1.54) is 18.0 Å². The second-order valence-corrected chi connectivity index (χ2v) is 7.80.